The number of rotatable bonds is 6. The lowest BCUT2D eigenvalue weighted by molar-refractivity contribution is 0.442. The minimum atomic E-state index is -3.07. The van der Waals surface area contributed by atoms with Gasteiger partial charge in [-0.3, -0.25) is 4.99 Å². The fourth-order valence-electron chi connectivity index (χ4n) is 1.66. The van der Waals surface area contributed by atoms with E-state index in [9.17, 15) is 8.42 Å². The second-order valence-corrected chi connectivity index (χ2v) is 7.76. The molecule has 1 fully saturated rings. The van der Waals surface area contributed by atoms with Crippen molar-refractivity contribution in [2.24, 2.45) is 10.9 Å². The third-order valence-electron chi connectivity index (χ3n) is 2.74. The van der Waals surface area contributed by atoms with Gasteiger partial charge >= 0.3 is 0 Å². The molecule has 1 heterocycles. The Morgan fingerprint density at radius 2 is 2.28 bits per heavy atom. The van der Waals surface area contributed by atoms with Gasteiger partial charge in [-0.05, 0) is 18.8 Å². The Labute approximate surface area is 114 Å². The van der Waals surface area contributed by atoms with Crippen LogP contribution in [0.5, 0.6) is 0 Å². The van der Waals surface area contributed by atoms with Crippen molar-refractivity contribution in [3.63, 3.8) is 0 Å². The SMILES string of the molecule is CC(C)C1CCSC(=NCCCNS(C)(=O)=O)N1. The molecule has 0 aromatic rings. The molecular formula is C11H23N3O2S2. The molecule has 5 nitrogen and oxygen atoms in total. The summed E-state index contributed by atoms with van der Waals surface area (Å²) in [6.07, 6.45) is 3.08. The molecule has 1 unspecified atom stereocenters. The normalized spacial score (nSPS) is 23.3. The molecule has 0 aliphatic carbocycles. The number of nitrogens with one attached hydrogen (secondary N) is 2. The summed E-state index contributed by atoms with van der Waals surface area (Å²) in [7, 11) is -3.07. The van der Waals surface area contributed by atoms with Crippen LogP contribution in [0.15, 0.2) is 4.99 Å². The van der Waals surface area contributed by atoms with E-state index in [0.717, 1.165) is 17.3 Å². The molecule has 0 bridgehead atoms. The van der Waals surface area contributed by atoms with E-state index in [1.807, 2.05) is 0 Å². The van der Waals surface area contributed by atoms with Gasteiger partial charge < -0.3 is 5.32 Å². The Bertz CT molecular complexity index is 380. The highest BCUT2D eigenvalue weighted by Crippen LogP contribution is 2.18. The minimum absolute atomic E-state index is 0.452. The predicted octanol–water partition coefficient (Wildman–Crippen LogP) is 1.03. The van der Waals surface area contributed by atoms with Gasteiger partial charge in [0, 0.05) is 24.9 Å². The van der Waals surface area contributed by atoms with Crippen molar-refractivity contribution in [3.05, 3.63) is 0 Å². The van der Waals surface area contributed by atoms with Gasteiger partial charge in [0.1, 0.15) is 0 Å². The predicted molar refractivity (Wildman–Crippen MR) is 78.6 cm³/mol. The van der Waals surface area contributed by atoms with Gasteiger partial charge in [-0.25, -0.2) is 13.1 Å². The maximum Gasteiger partial charge on any atom is 0.208 e. The Morgan fingerprint density at radius 1 is 1.56 bits per heavy atom. The van der Waals surface area contributed by atoms with Crippen molar-refractivity contribution in [3.8, 4) is 0 Å². The van der Waals surface area contributed by atoms with Gasteiger partial charge in [0.05, 0.1) is 6.26 Å². The number of aliphatic imine (C=N–C) groups is 1. The van der Waals surface area contributed by atoms with Gasteiger partial charge in [0.2, 0.25) is 10.0 Å². The zero-order valence-corrected chi connectivity index (χ0v) is 12.9. The average Bonchev–Trinajstić information content (AvgIpc) is 2.27. The van der Waals surface area contributed by atoms with Crippen molar-refractivity contribution in [1.82, 2.24) is 10.0 Å². The van der Waals surface area contributed by atoms with Crippen LogP contribution in [-0.2, 0) is 10.0 Å². The quantitative estimate of drug-likeness (QED) is 0.718. The van der Waals surface area contributed by atoms with Crippen molar-refractivity contribution in [2.45, 2.75) is 32.7 Å². The first-order valence-corrected chi connectivity index (χ1v) is 9.14. The van der Waals surface area contributed by atoms with Gasteiger partial charge in [0.15, 0.2) is 5.17 Å². The van der Waals surface area contributed by atoms with Gasteiger partial charge in [0.25, 0.3) is 0 Å². The second-order valence-electron chi connectivity index (χ2n) is 4.84. The molecule has 0 aromatic carbocycles. The zero-order chi connectivity index (χ0) is 13.6. The van der Waals surface area contributed by atoms with Gasteiger partial charge in [-0.1, -0.05) is 25.6 Å². The molecule has 0 spiro atoms. The summed E-state index contributed by atoms with van der Waals surface area (Å²) in [4.78, 5) is 4.47. The first-order valence-electron chi connectivity index (χ1n) is 6.27. The molecule has 1 rings (SSSR count). The molecule has 106 valence electrons. The smallest absolute Gasteiger partial charge is 0.208 e. The second kappa shape index (κ2) is 7.35. The number of hydrogen-bond acceptors (Lipinski definition) is 4. The summed E-state index contributed by atoms with van der Waals surface area (Å²) >= 11 is 1.75. The van der Waals surface area contributed by atoms with Crippen LogP contribution < -0.4 is 10.0 Å². The lowest BCUT2D eigenvalue weighted by Crippen LogP contribution is -2.41. The Kier molecular flexibility index (Phi) is 6.45. The summed E-state index contributed by atoms with van der Waals surface area (Å²) in [5, 5.41) is 4.43. The fourth-order valence-corrected chi connectivity index (χ4v) is 3.16. The molecular weight excluding hydrogens is 270 g/mol. The van der Waals surface area contributed by atoms with Crippen molar-refractivity contribution in [2.75, 3.05) is 25.1 Å². The number of sulfonamides is 1. The lowest BCUT2D eigenvalue weighted by Gasteiger charge is -2.28. The van der Waals surface area contributed by atoms with Gasteiger partial charge in [-0.2, -0.15) is 0 Å². The van der Waals surface area contributed by atoms with Crippen LogP contribution in [0.2, 0.25) is 0 Å². The van der Waals surface area contributed by atoms with Crippen LogP contribution in [0.1, 0.15) is 26.7 Å². The highest BCUT2D eigenvalue weighted by Gasteiger charge is 2.19. The van der Waals surface area contributed by atoms with Crippen molar-refractivity contribution < 1.29 is 8.42 Å². The minimum Gasteiger partial charge on any atom is -0.362 e. The molecule has 1 atom stereocenters. The Hall–Kier alpha value is -0.270. The summed E-state index contributed by atoms with van der Waals surface area (Å²) in [6.45, 7) is 5.53. The molecule has 0 amide bonds. The highest BCUT2D eigenvalue weighted by atomic mass is 32.2. The molecule has 0 radical (unpaired) electrons. The van der Waals surface area contributed by atoms with Crippen molar-refractivity contribution in [1.29, 1.82) is 0 Å². The fraction of sp³-hybridized carbons (Fsp3) is 0.909. The monoisotopic (exact) mass is 293 g/mol. The third-order valence-corrected chi connectivity index (χ3v) is 4.42. The van der Waals surface area contributed by atoms with Crippen LogP contribution in [0.25, 0.3) is 0 Å². The topological polar surface area (TPSA) is 70.6 Å². The first kappa shape index (κ1) is 15.8. The molecule has 1 saturated heterocycles. The average molecular weight is 293 g/mol. The molecule has 2 N–H and O–H groups in total. The molecule has 7 heteroatoms. The number of nitrogens with zero attached hydrogens (tertiary/aromatic N) is 1. The van der Waals surface area contributed by atoms with E-state index in [1.165, 1.54) is 12.7 Å². The van der Waals surface area contributed by atoms with E-state index >= 15 is 0 Å². The van der Waals surface area contributed by atoms with E-state index in [1.54, 1.807) is 11.8 Å². The van der Waals surface area contributed by atoms with E-state index in [2.05, 4.69) is 28.9 Å². The Morgan fingerprint density at radius 3 is 2.89 bits per heavy atom. The van der Waals surface area contributed by atoms with Crippen LogP contribution >= 0.6 is 11.8 Å². The lowest BCUT2D eigenvalue weighted by atomic mass is 10.0. The summed E-state index contributed by atoms with van der Waals surface area (Å²) < 4.78 is 24.2. The standard InChI is InChI=1S/C11H23N3O2S2/c1-9(2)10-5-8-17-11(14-10)12-6-4-7-13-18(3,15)16/h9-10,13H,4-8H2,1-3H3,(H,12,14). The van der Waals surface area contributed by atoms with Crippen LogP contribution in [0.4, 0.5) is 0 Å². The molecule has 0 saturated carbocycles. The number of thioether (sulfide) groups is 1. The summed E-state index contributed by atoms with van der Waals surface area (Å²) in [5.74, 6) is 1.72. The highest BCUT2D eigenvalue weighted by molar-refractivity contribution is 8.13. The summed E-state index contributed by atoms with van der Waals surface area (Å²) in [6, 6.07) is 0.513. The third kappa shape index (κ3) is 6.61. The first-order chi connectivity index (χ1) is 8.38. The Balaban J connectivity index is 2.25. The zero-order valence-electron chi connectivity index (χ0n) is 11.3. The number of amidine groups is 1. The van der Waals surface area contributed by atoms with Crippen LogP contribution in [-0.4, -0.2) is 44.7 Å². The van der Waals surface area contributed by atoms with Crippen LogP contribution in [0.3, 0.4) is 0 Å². The van der Waals surface area contributed by atoms with E-state index < -0.39 is 10.0 Å². The maximum absolute atomic E-state index is 10.9. The largest absolute Gasteiger partial charge is 0.362 e. The number of hydrogen-bond donors (Lipinski definition) is 2. The van der Waals surface area contributed by atoms with Gasteiger partial charge in [-0.15, -0.1) is 0 Å². The summed E-state index contributed by atoms with van der Waals surface area (Å²) in [5.41, 5.74) is 0. The van der Waals surface area contributed by atoms with E-state index in [4.69, 9.17) is 0 Å². The maximum atomic E-state index is 10.9. The molecule has 18 heavy (non-hydrogen) atoms. The van der Waals surface area contributed by atoms with Crippen LogP contribution in [0, 0.1) is 5.92 Å². The molecule has 0 aromatic heterocycles. The molecule has 1 aliphatic heterocycles. The van der Waals surface area contributed by atoms with E-state index in [-0.39, 0.29) is 0 Å². The molecule has 1 aliphatic rings. The van der Waals surface area contributed by atoms with E-state index in [0.29, 0.717) is 25.0 Å². The van der Waals surface area contributed by atoms with Crippen molar-refractivity contribution >= 4 is 27.0 Å².